The van der Waals surface area contributed by atoms with Crippen molar-refractivity contribution in [2.24, 2.45) is 0 Å². The van der Waals surface area contributed by atoms with E-state index >= 15 is 0 Å². The molecule has 0 spiro atoms. The maximum Gasteiger partial charge on any atom is 0.276 e. The minimum absolute atomic E-state index is 0.0895. The molecule has 1 saturated heterocycles. The fourth-order valence-corrected chi connectivity index (χ4v) is 3.77. The largest absolute Gasteiger partial charge is 0.339 e. The number of anilines is 1. The molecular formula is C23H24N4O3. The lowest BCUT2D eigenvalue weighted by atomic mass is 10.1. The normalized spacial score (nSPS) is 13.8. The Labute approximate surface area is 174 Å². The fourth-order valence-electron chi connectivity index (χ4n) is 3.77. The number of carbonyl (C=O) groups is 2. The highest BCUT2D eigenvalue weighted by molar-refractivity contribution is 6.13. The Hall–Kier alpha value is -3.48. The zero-order valence-corrected chi connectivity index (χ0v) is 17.1. The first kappa shape index (κ1) is 19.8. The van der Waals surface area contributed by atoms with Crippen molar-refractivity contribution in [2.75, 3.05) is 18.4 Å². The van der Waals surface area contributed by atoms with Gasteiger partial charge < -0.3 is 10.2 Å². The van der Waals surface area contributed by atoms with Crippen LogP contribution in [0.1, 0.15) is 53.6 Å². The van der Waals surface area contributed by atoms with Crippen molar-refractivity contribution in [2.45, 2.75) is 32.7 Å². The molecule has 1 aliphatic rings. The molecule has 0 atom stereocenters. The number of rotatable bonds is 4. The number of fused-ring (bicyclic) bond motifs is 1. The van der Waals surface area contributed by atoms with Gasteiger partial charge in [0.1, 0.15) is 0 Å². The van der Waals surface area contributed by atoms with Crippen LogP contribution in [0.5, 0.6) is 0 Å². The maximum atomic E-state index is 13.2. The molecular weight excluding hydrogens is 380 g/mol. The summed E-state index contributed by atoms with van der Waals surface area (Å²) in [6, 6.07) is 13.7. The summed E-state index contributed by atoms with van der Waals surface area (Å²) in [7, 11) is 0. The molecule has 1 aromatic heterocycles. The first-order valence-corrected chi connectivity index (χ1v) is 10.2. The molecule has 0 bridgehead atoms. The topological polar surface area (TPSA) is 84.3 Å². The number of aromatic nitrogens is 2. The molecule has 0 aliphatic carbocycles. The highest BCUT2D eigenvalue weighted by atomic mass is 16.2. The van der Waals surface area contributed by atoms with Gasteiger partial charge in [-0.3, -0.25) is 14.4 Å². The molecule has 3 aromatic rings. The van der Waals surface area contributed by atoms with Crippen molar-refractivity contribution < 1.29 is 9.59 Å². The molecule has 30 heavy (non-hydrogen) atoms. The van der Waals surface area contributed by atoms with Crippen LogP contribution in [-0.2, 0) is 0 Å². The van der Waals surface area contributed by atoms with E-state index in [1.54, 1.807) is 53.4 Å². The number of hydrogen-bond donors (Lipinski definition) is 1. The summed E-state index contributed by atoms with van der Waals surface area (Å²) in [6.45, 7) is 5.14. The summed E-state index contributed by atoms with van der Waals surface area (Å²) in [4.78, 5) is 40.6. The number of amides is 2. The van der Waals surface area contributed by atoms with Crippen molar-refractivity contribution in [3.05, 3.63) is 70.1 Å². The van der Waals surface area contributed by atoms with E-state index in [1.807, 2.05) is 13.8 Å². The lowest BCUT2D eigenvalue weighted by Crippen LogP contribution is -2.30. The lowest BCUT2D eigenvalue weighted by Gasteiger charge is -2.18. The Kier molecular flexibility index (Phi) is 5.35. The summed E-state index contributed by atoms with van der Waals surface area (Å²) in [6.07, 6.45) is 1.99. The van der Waals surface area contributed by atoms with Crippen LogP contribution in [0.15, 0.2) is 53.3 Å². The number of carbonyl (C=O) groups excluding carboxylic acids is 2. The average molecular weight is 404 g/mol. The maximum absolute atomic E-state index is 13.2. The number of likely N-dealkylation sites (tertiary alicyclic amines) is 1. The van der Waals surface area contributed by atoms with Crippen molar-refractivity contribution in [3.63, 3.8) is 0 Å². The number of nitrogens with one attached hydrogen (secondary N) is 1. The van der Waals surface area contributed by atoms with Crippen LogP contribution in [0.4, 0.5) is 5.69 Å². The van der Waals surface area contributed by atoms with E-state index in [-0.39, 0.29) is 23.2 Å². The smallest absolute Gasteiger partial charge is 0.276 e. The van der Waals surface area contributed by atoms with Crippen molar-refractivity contribution in [3.8, 4) is 0 Å². The van der Waals surface area contributed by atoms with Gasteiger partial charge in [-0.15, -0.1) is 0 Å². The Balaban J connectivity index is 1.74. The number of benzene rings is 2. The van der Waals surface area contributed by atoms with Crippen LogP contribution in [0.2, 0.25) is 0 Å². The van der Waals surface area contributed by atoms with Gasteiger partial charge in [0, 0.05) is 18.5 Å². The molecule has 4 rings (SSSR count). The zero-order chi connectivity index (χ0) is 21.3. The van der Waals surface area contributed by atoms with Crippen molar-refractivity contribution in [1.82, 2.24) is 14.7 Å². The van der Waals surface area contributed by atoms with Gasteiger partial charge in [0.05, 0.1) is 22.7 Å². The predicted octanol–water partition coefficient (Wildman–Crippen LogP) is 3.47. The number of para-hydroxylation sites is 1. The van der Waals surface area contributed by atoms with Crippen LogP contribution in [-0.4, -0.2) is 39.6 Å². The highest BCUT2D eigenvalue weighted by Crippen LogP contribution is 2.22. The Morgan fingerprint density at radius 2 is 1.60 bits per heavy atom. The molecule has 2 aromatic carbocycles. The second kappa shape index (κ2) is 8.10. The molecule has 1 N–H and O–H groups in total. The Bertz CT molecular complexity index is 1180. The summed E-state index contributed by atoms with van der Waals surface area (Å²) >= 11 is 0. The third-order valence-corrected chi connectivity index (χ3v) is 5.33. The van der Waals surface area contributed by atoms with Gasteiger partial charge >= 0.3 is 0 Å². The Morgan fingerprint density at radius 3 is 2.30 bits per heavy atom. The van der Waals surface area contributed by atoms with E-state index in [1.165, 1.54) is 4.68 Å². The minimum atomic E-state index is -0.456. The van der Waals surface area contributed by atoms with Crippen LogP contribution < -0.4 is 10.9 Å². The van der Waals surface area contributed by atoms with Gasteiger partial charge in [-0.25, -0.2) is 4.68 Å². The molecule has 7 nitrogen and oxygen atoms in total. The van der Waals surface area contributed by atoms with E-state index in [0.29, 0.717) is 22.0 Å². The standard InChI is InChI=1S/C23H24N4O3/c1-15(2)27-23(30)17-10-4-3-9-16(17)20(25-27)21(28)24-19-12-6-5-11-18(19)22(29)26-13-7-8-14-26/h3-6,9-12,15H,7-8,13-14H2,1-2H3,(H,24,28). The zero-order valence-electron chi connectivity index (χ0n) is 17.1. The summed E-state index contributed by atoms with van der Waals surface area (Å²) in [5, 5.41) is 8.11. The van der Waals surface area contributed by atoms with Gasteiger partial charge in [-0.1, -0.05) is 30.3 Å². The molecule has 0 unspecified atom stereocenters. The van der Waals surface area contributed by atoms with Crippen LogP contribution in [0, 0.1) is 0 Å². The third-order valence-electron chi connectivity index (χ3n) is 5.33. The SMILES string of the molecule is CC(C)n1nc(C(=O)Nc2ccccc2C(=O)N2CCCC2)c2ccccc2c1=O. The van der Waals surface area contributed by atoms with Crippen LogP contribution >= 0.6 is 0 Å². The first-order chi connectivity index (χ1) is 14.5. The van der Waals surface area contributed by atoms with Crippen LogP contribution in [0.3, 0.4) is 0 Å². The van der Waals surface area contributed by atoms with E-state index in [9.17, 15) is 14.4 Å². The molecule has 2 amide bonds. The summed E-state index contributed by atoms with van der Waals surface area (Å²) in [5.74, 6) is -0.546. The van der Waals surface area contributed by atoms with Crippen molar-refractivity contribution in [1.29, 1.82) is 0 Å². The molecule has 1 fully saturated rings. The quantitative estimate of drug-likeness (QED) is 0.722. The average Bonchev–Trinajstić information content (AvgIpc) is 3.29. The Morgan fingerprint density at radius 1 is 0.967 bits per heavy atom. The molecule has 1 aliphatic heterocycles. The summed E-state index contributed by atoms with van der Waals surface area (Å²) < 4.78 is 1.32. The van der Waals surface area contributed by atoms with E-state index in [0.717, 1.165) is 25.9 Å². The second-order valence-electron chi connectivity index (χ2n) is 7.74. The van der Waals surface area contributed by atoms with Gasteiger partial charge in [0.25, 0.3) is 17.4 Å². The lowest BCUT2D eigenvalue weighted by molar-refractivity contribution is 0.0794. The third kappa shape index (κ3) is 3.58. The van der Waals surface area contributed by atoms with Crippen molar-refractivity contribution >= 4 is 28.3 Å². The van der Waals surface area contributed by atoms with E-state index < -0.39 is 5.91 Å². The second-order valence-corrected chi connectivity index (χ2v) is 7.74. The van der Waals surface area contributed by atoms with E-state index in [2.05, 4.69) is 10.4 Å². The molecule has 0 radical (unpaired) electrons. The van der Waals surface area contributed by atoms with Gasteiger partial charge in [-0.05, 0) is 44.9 Å². The monoisotopic (exact) mass is 404 g/mol. The molecule has 0 saturated carbocycles. The van der Waals surface area contributed by atoms with Gasteiger partial charge in [-0.2, -0.15) is 5.10 Å². The highest BCUT2D eigenvalue weighted by Gasteiger charge is 2.24. The molecule has 154 valence electrons. The number of nitrogens with zero attached hydrogens (tertiary/aromatic N) is 3. The first-order valence-electron chi connectivity index (χ1n) is 10.2. The summed E-state index contributed by atoms with van der Waals surface area (Å²) in [5.41, 5.74) is 0.811. The minimum Gasteiger partial charge on any atom is -0.339 e. The number of hydrogen-bond acceptors (Lipinski definition) is 4. The van der Waals surface area contributed by atoms with Gasteiger partial charge in [0.15, 0.2) is 5.69 Å². The van der Waals surface area contributed by atoms with Crippen LogP contribution in [0.25, 0.3) is 10.8 Å². The molecule has 2 heterocycles. The molecule has 7 heteroatoms. The predicted molar refractivity (Wildman–Crippen MR) is 116 cm³/mol. The van der Waals surface area contributed by atoms with E-state index in [4.69, 9.17) is 0 Å². The fraction of sp³-hybridized carbons (Fsp3) is 0.304. The van der Waals surface area contributed by atoms with Gasteiger partial charge in [0.2, 0.25) is 0 Å².